The van der Waals surface area contributed by atoms with E-state index in [-0.39, 0.29) is 17.2 Å². The number of sulfonamides is 1. The fourth-order valence-electron chi connectivity index (χ4n) is 1.66. The van der Waals surface area contributed by atoms with Gasteiger partial charge in [-0.3, -0.25) is 4.98 Å². The molecule has 0 radical (unpaired) electrons. The molecule has 2 aromatic rings. The summed E-state index contributed by atoms with van der Waals surface area (Å²) < 4.78 is 26.4. The predicted molar refractivity (Wildman–Crippen MR) is 75.6 cm³/mol. The zero-order valence-corrected chi connectivity index (χ0v) is 11.5. The molecule has 20 heavy (non-hydrogen) atoms. The lowest BCUT2D eigenvalue weighted by molar-refractivity contribution is 0.475. The van der Waals surface area contributed by atoms with Crippen molar-refractivity contribution in [2.45, 2.75) is 11.3 Å². The number of aromatic hydroxyl groups is 1. The van der Waals surface area contributed by atoms with E-state index in [1.54, 1.807) is 24.3 Å². The molecule has 4 N–H and O–H groups in total. The van der Waals surface area contributed by atoms with Crippen LogP contribution in [-0.4, -0.2) is 25.1 Å². The highest BCUT2D eigenvalue weighted by atomic mass is 32.2. The number of aromatic nitrogens is 1. The molecular weight excluding hydrogens is 278 g/mol. The Balaban J connectivity index is 1.98. The number of nitrogens with two attached hydrogens (primary N) is 1. The van der Waals surface area contributed by atoms with Gasteiger partial charge >= 0.3 is 0 Å². The topological polar surface area (TPSA) is 105 Å². The summed E-state index contributed by atoms with van der Waals surface area (Å²) >= 11 is 0. The van der Waals surface area contributed by atoms with Gasteiger partial charge in [-0.2, -0.15) is 0 Å². The molecule has 0 aliphatic heterocycles. The van der Waals surface area contributed by atoms with E-state index in [1.165, 1.54) is 18.5 Å². The first-order valence-corrected chi connectivity index (χ1v) is 7.44. The standard InChI is InChI=1S/C13H15N3O3S/c14-11-7-13(9-15-8-11)20(18,19)16-6-5-10-1-3-12(17)4-2-10/h1-4,7-9,16-17H,5-6,14H2. The molecule has 0 saturated heterocycles. The molecule has 0 saturated carbocycles. The first-order valence-electron chi connectivity index (χ1n) is 5.95. The monoisotopic (exact) mass is 293 g/mol. The Kier molecular flexibility index (Phi) is 4.21. The van der Waals surface area contributed by atoms with Crippen LogP contribution in [-0.2, 0) is 16.4 Å². The number of pyridine rings is 1. The van der Waals surface area contributed by atoms with Gasteiger partial charge in [0, 0.05) is 18.9 Å². The third-order valence-corrected chi connectivity index (χ3v) is 4.11. The van der Waals surface area contributed by atoms with E-state index in [2.05, 4.69) is 9.71 Å². The van der Waals surface area contributed by atoms with Crippen molar-refractivity contribution < 1.29 is 13.5 Å². The number of anilines is 1. The number of hydrogen-bond donors (Lipinski definition) is 3. The van der Waals surface area contributed by atoms with Crippen LogP contribution in [0.3, 0.4) is 0 Å². The number of nitrogens with one attached hydrogen (secondary N) is 1. The molecule has 7 heteroatoms. The van der Waals surface area contributed by atoms with Gasteiger partial charge in [-0.25, -0.2) is 13.1 Å². The highest BCUT2D eigenvalue weighted by Crippen LogP contribution is 2.12. The Bertz CT molecular complexity index is 684. The largest absolute Gasteiger partial charge is 0.508 e. The van der Waals surface area contributed by atoms with Gasteiger partial charge in [0.15, 0.2) is 0 Å². The summed E-state index contributed by atoms with van der Waals surface area (Å²) in [7, 11) is -3.60. The van der Waals surface area contributed by atoms with Crippen LogP contribution in [0.1, 0.15) is 5.56 Å². The zero-order valence-electron chi connectivity index (χ0n) is 10.7. The van der Waals surface area contributed by atoms with Crippen molar-refractivity contribution >= 4 is 15.7 Å². The second kappa shape index (κ2) is 5.89. The number of nitrogens with zero attached hydrogens (tertiary/aromatic N) is 1. The summed E-state index contributed by atoms with van der Waals surface area (Å²) in [6.07, 6.45) is 3.16. The molecule has 0 bridgehead atoms. The molecule has 6 nitrogen and oxygen atoms in total. The van der Waals surface area contributed by atoms with Gasteiger partial charge < -0.3 is 10.8 Å². The van der Waals surface area contributed by atoms with Gasteiger partial charge in [-0.05, 0) is 30.2 Å². The average Bonchev–Trinajstić information content (AvgIpc) is 2.41. The Morgan fingerprint density at radius 2 is 1.90 bits per heavy atom. The second-order valence-corrected chi connectivity index (χ2v) is 6.04. The van der Waals surface area contributed by atoms with Gasteiger partial charge in [-0.15, -0.1) is 0 Å². The van der Waals surface area contributed by atoms with E-state index in [0.29, 0.717) is 12.1 Å². The predicted octanol–water partition coefficient (Wildman–Crippen LogP) is 0.890. The van der Waals surface area contributed by atoms with Crippen LogP contribution in [0.25, 0.3) is 0 Å². The quantitative estimate of drug-likeness (QED) is 0.759. The van der Waals surface area contributed by atoms with Crippen LogP contribution >= 0.6 is 0 Å². The van der Waals surface area contributed by atoms with E-state index >= 15 is 0 Å². The minimum atomic E-state index is -3.60. The first kappa shape index (κ1) is 14.3. The van der Waals surface area contributed by atoms with Crippen molar-refractivity contribution in [2.24, 2.45) is 0 Å². The van der Waals surface area contributed by atoms with Gasteiger partial charge in [-0.1, -0.05) is 12.1 Å². The maximum atomic E-state index is 12.0. The van der Waals surface area contributed by atoms with Crippen molar-refractivity contribution in [3.63, 3.8) is 0 Å². The maximum Gasteiger partial charge on any atom is 0.242 e. The summed E-state index contributed by atoms with van der Waals surface area (Å²) in [5.41, 5.74) is 6.74. The van der Waals surface area contributed by atoms with Crippen molar-refractivity contribution in [3.05, 3.63) is 48.3 Å². The third-order valence-electron chi connectivity index (χ3n) is 2.69. The molecule has 0 fully saturated rings. The van der Waals surface area contributed by atoms with Crippen molar-refractivity contribution in [3.8, 4) is 5.75 Å². The van der Waals surface area contributed by atoms with Crippen LogP contribution in [0.4, 0.5) is 5.69 Å². The summed E-state index contributed by atoms with van der Waals surface area (Å²) in [6, 6.07) is 7.96. The molecule has 1 aromatic heterocycles. The van der Waals surface area contributed by atoms with Crippen molar-refractivity contribution in [2.75, 3.05) is 12.3 Å². The number of benzene rings is 1. The number of nitrogen functional groups attached to an aromatic ring is 1. The van der Waals surface area contributed by atoms with Crippen LogP contribution < -0.4 is 10.5 Å². The number of phenols is 1. The highest BCUT2D eigenvalue weighted by Gasteiger charge is 2.13. The third kappa shape index (κ3) is 3.69. The van der Waals surface area contributed by atoms with Crippen LogP contribution in [0.2, 0.25) is 0 Å². The summed E-state index contributed by atoms with van der Waals surface area (Å²) in [5, 5.41) is 9.16. The zero-order chi connectivity index (χ0) is 14.6. The summed E-state index contributed by atoms with van der Waals surface area (Å²) in [6.45, 7) is 0.252. The number of rotatable bonds is 5. The van der Waals surface area contributed by atoms with Crippen LogP contribution in [0.15, 0.2) is 47.6 Å². The van der Waals surface area contributed by atoms with Crippen LogP contribution in [0, 0.1) is 0 Å². The highest BCUT2D eigenvalue weighted by molar-refractivity contribution is 7.89. The Labute approximate surface area is 117 Å². The Morgan fingerprint density at radius 1 is 1.20 bits per heavy atom. The fraction of sp³-hybridized carbons (Fsp3) is 0.154. The van der Waals surface area contributed by atoms with E-state index < -0.39 is 10.0 Å². The lowest BCUT2D eigenvalue weighted by atomic mass is 10.1. The lowest BCUT2D eigenvalue weighted by Gasteiger charge is -2.07. The molecule has 106 valence electrons. The molecule has 0 aliphatic rings. The van der Waals surface area contributed by atoms with Crippen molar-refractivity contribution in [1.82, 2.24) is 9.71 Å². The second-order valence-electron chi connectivity index (χ2n) is 4.27. The van der Waals surface area contributed by atoms with E-state index in [4.69, 9.17) is 10.8 Å². The van der Waals surface area contributed by atoms with E-state index in [0.717, 1.165) is 5.56 Å². The maximum absolute atomic E-state index is 12.0. The molecule has 0 spiro atoms. The molecule has 0 unspecified atom stereocenters. The van der Waals surface area contributed by atoms with Crippen molar-refractivity contribution in [1.29, 1.82) is 0 Å². The minimum absolute atomic E-state index is 0.0446. The minimum Gasteiger partial charge on any atom is -0.508 e. The van der Waals surface area contributed by atoms with Gasteiger partial charge in [0.25, 0.3) is 0 Å². The molecule has 0 aliphatic carbocycles. The average molecular weight is 293 g/mol. The van der Waals surface area contributed by atoms with Gasteiger partial charge in [0.2, 0.25) is 10.0 Å². The normalized spacial score (nSPS) is 11.4. The smallest absolute Gasteiger partial charge is 0.242 e. The number of phenolic OH excluding ortho intramolecular Hbond substituents is 1. The molecule has 0 atom stereocenters. The lowest BCUT2D eigenvalue weighted by Crippen LogP contribution is -2.26. The molecular formula is C13H15N3O3S. The Morgan fingerprint density at radius 3 is 2.55 bits per heavy atom. The molecule has 1 aromatic carbocycles. The van der Waals surface area contributed by atoms with E-state index in [9.17, 15) is 8.42 Å². The van der Waals surface area contributed by atoms with Crippen LogP contribution in [0.5, 0.6) is 5.75 Å². The van der Waals surface area contributed by atoms with E-state index in [1.807, 2.05) is 0 Å². The molecule has 0 amide bonds. The first-order chi connectivity index (χ1) is 9.47. The SMILES string of the molecule is Nc1cncc(S(=O)(=O)NCCc2ccc(O)cc2)c1. The molecule has 2 rings (SSSR count). The van der Waals surface area contributed by atoms with Gasteiger partial charge in [0.05, 0.1) is 5.69 Å². The summed E-state index contributed by atoms with van der Waals surface area (Å²) in [5.74, 6) is 0.181. The molecule has 1 heterocycles. The number of hydrogen-bond acceptors (Lipinski definition) is 5. The fourth-order valence-corrected chi connectivity index (χ4v) is 2.69. The summed E-state index contributed by atoms with van der Waals surface area (Å²) in [4.78, 5) is 3.80. The van der Waals surface area contributed by atoms with Gasteiger partial charge in [0.1, 0.15) is 10.6 Å². The Hall–Kier alpha value is -2.12.